The van der Waals surface area contributed by atoms with Gasteiger partial charge in [0.2, 0.25) is 5.60 Å². The van der Waals surface area contributed by atoms with E-state index in [0.717, 1.165) is 29.7 Å². The number of nitrogens with one attached hydrogen (secondary N) is 1. The number of ether oxygens (including phenoxy) is 2. The molecule has 1 aliphatic heterocycles. The second-order valence-electron chi connectivity index (χ2n) is 8.53. The molecule has 0 aromatic heterocycles. The van der Waals surface area contributed by atoms with Crippen LogP contribution in [0.15, 0.2) is 53.7 Å². The zero-order valence-corrected chi connectivity index (χ0v) is 18.4. The minimum absolute atomic E-state index is 0.120. The number of hydrogen-bond donors (Lipinski definition) is 1. The average molecular weight is 423 g/mol. The lowest BCUT2D eigenvalue weighted by molar-refractivity contribution is -0.142. The SMILES string of the molecule is COc1ccc(C2=NO[C@](C)(C(=O)NC(C)c3ccccc3)C2)cc1OC1CCCC1. The summed E-state index contributed by atoms with van der Waals surface area (Å²) in [5.41, 5.74) is 1.60. The minimum atomic E-state index is -1.05. The van der Waals surface area contributed by atoms with Crippen LogP contribution in [-0.4, -0.2) is 30.4 Å². The van der Waals surface area contributed by atoms with Crippen LogP contribution in [-0.2, 0) is 9.63 Å². The van der Waals surface area contributed by atoms with Gasteiger partial charge in [-0.3, -0.25) is 4.79 Å². The number of benzene rings is 2. The van der Waals surface area contributed by atoms with Crippen molar-refractivity contribution in [2.24, 2.45) is 5.16 Å². The molecule has 0 bridgehead atoms. The van der Waals surface area contributed by atoms with Crippen molar-refractivity contribution >= 4 is 11.6 Å². The summed E-state index contributed by atoms with van der Waals surface area (Å²) < 4.78 is 11.7. The first-order valence-electron chi connectivity index (χ1n) is 10.9. The van der Waals surface area contributed by atoms with Crippen LogP contribution in [0.3, 0.4) is 0 Å². The highest BCUT2D eigenvalue weighted by Gasteiger charge is 2.42. The number of amides is 1. The van der Waals surface area contributed by atoms with E-state index >= 15 is 0 Å². The predicted octanol–water partition coefficient (Wildman–Crippen LogP) is 4.78. The normalized spacial score (nSPS) is 21.8. The van der Waals surface area contributed by atoms with Crippen LogP contribution in [0.25, 0.3) is 0 Å². The maximum absolute atomic E-state index is 13.0. The number of hydrogen-bond acceptors (Lipinski definition) is 5. The standard InChI is InChI=1S/C25H30N2O4/c1-17(18-9-5-4-6-10-18)26-24(28)25(2)16-21(27-31-25)19-13-14-22(29-3)23(15-19)30-20-11-7-8-12-20/h4-6,9-10,13-15,17,20H,7-8,11-12,16H2,1-3H3,(H,26,28)/t17?,25-/m0/s1. The Hall–Kier alpha value is -3.02. The average Bonchev–Trinajstić information content (AvgIpc) is 3.45. The summed E-state index contributed by atoms with van der Waals surface area (Å²) in [5.74, 6) is 1.23. The van der Waals surface area contributed by atoms with Crippen molar-refractivity contribution < 1.29 is 19.1 Å². The van der Waals surface area contributed by atoms with Crippen molar-refractivity contribution in [3.8, 4) is 11.5 Å². The van der Waals surface area contributed by atoms with Gasteiger partial charge in [-0.15, -0.1) is 0 Å². The zero-order chi connectivity index (χ0) is 21.8. The molecule has 0 saturated heterocycles. The van der Waals surface area contributed by atoms with Crippen molar-refractivity contribution in [3.05, 3.63) is 59.7 Å². The van der Waals surface area contributed by atoms with Gasteiger partial charge in [0.15, 0.2) is 11.5 Å². The van der Waals surface area contributed by atoms with Crippen LogP contribution < -0.4 is 14.8 Å². The van der Waals surface area contributed by atoms with Gasteiger partial charge in [-0.05, 0) is 63.3 Å². The summed E-state index contributed by atoms with van der Waals surface area (Å²) in [6, 6.07) is 15.5. The molecule has 4 rings (SSSR count). The largest absolute Gasteiger partial charge is 0.493 e. The summed E-state index contributed by atoms with van der Waals surface area (Å²) in [6.45, 7) is 3.74. The van der Waals surface area contributed by atoms with Gasteiger partial charge in [0.25, 0.3) is 5.91 Å². The quantitative estimate of drug-likeness (QED) is 0.697. The smallest absolute Gasteiger partial charge is 0.267 e. The highest BCUT2D eigenvalue weighted by atomic mass is 16.7. The van der Waals surface area contributed by atoms with E-state index < -0.39 is 5.60 Å². The Morgan fingerprint density at radius 3 is 2.61 bits per heavy atom. The second-order valence-corrected chi connectivity index (χ2v) is 8.53. The van der Waals surface area contributed by atoms with Crippen LogP contribution in [0.4, 0.5) is 0 Å². The van der Waals surface area contributed by atoms with E-state index in [9.17, 15) is 4.79 Å². The zero-order valence-electron chi connectivity index (χ0n) is 18.4. The maximum atomic E-state index is 13.0. The van der Waals surface area contributed by atoms with Gasteiger partial charge < -0.3 is 19.6 Å². The highest BCUT2D eigenvalue weighted by molar-refractivity contribution is 6.05. The van der Waals surface area contributed by atoms with E-state index in [2.05, 4.69) is 10.5 Å². The van der Waals surface area contributed by atoms with Crippen LogP contribution in [0.2, 0.25) is 0 Å². The maximum Gasteiger partial charge on any atom is 0.267 e. The van der Waals surface area contributed by atoms with Gasteiger partial charge in [-0.25, -0.2) is 0 Å². The van der Waals surface area contributed by atoms with Crippen LogP contribution in [0.1, 0.15) is 63.1 Å². The molecule has 1 saturated carbocycles. The van der Waals surface area contributed by atoms with E-state index in [0.29, 0.717) is 17.9 Å². The molecule has 6 heteroatoms. The van der Waals surface area contributed by atoms with Crippen LogP contribution in [0, 0.1) is 0 Å². The molecule has 164 valence electrons. The van der Waals surface area contributed by atoms with Crippen molar-refractivity contribution in [3.63, 3.8) is 0 Å². The van der Waals surface area contributed by atoms with Crippen molar-refractivity contribution in [2.75, 3.05) is 7.11 Å². The molecule has 31 heavy (non-hydrogen) atoms. The fraction of sp³-hybridized carbons (Fsp3) is 0.440. The van der Waals surface area contributed by atoms with E-state index in [1.54, 1.807) is 14.0 Å². The van der Waals surface area contributed by atoms with Gasteiger partial charge in [0, 0.05) is 12.0 Å². The summed E-state index contributed by atoms with van der Waals surface area (Å²) in [5, 5.41) is 7.29. The lowest BCUT2D eigenvalue weighted by Gasteiger charge is -2.23. The van der Waals surface area contributed by atoms with Crippen molar-refractivity contribution in [1.29, 1.82) is 0 Å². The third-order valence-corrected chi connectivity index (χ3v) is 6.08. The third kappa shape index (κ3) is 4.68. The lowest BCUT2D eigenvalue weighted by Crippen LogP contribution is -2.45. The first-order valence-corrected chi connectivity index (χ1v) is 10.9. The van der Waals surface area contributed by atoms with Gasteiger partial charge >= 0.3 is 0 Å². The first kappa shape index (κ1) is 21.2. The molecule has 2 atom stereocenters. The molecule has 1 aliphatic carbocycles. The topological polar surface area (TPSA) is 69.2 Å². The molecule has 1 N–H and O–H groups in total. The Balaban J connectivity index is 1.45. The van der Waals surface area contributed by atoms with Gasteiger partial charge in [0.05, 0.1) is 25.0 Å². The third-order valence-electron chi connectivity index (χ3n) is 6.08. The van der Waals surface area contributed by atoms with Crippen molar-refractivity contribution in [1.82, 2.24) is 5.32 Å². The van der Waals surface area contributed by atoms with Gasteiger partial charge in [-0.2, -0.15) is 0 Å². The molecule has 0 spiro atoms. The molecule has 0 radical (unpaired) electrons. The molecule has 2 aromatic rings. The molecule has 1 unspecified atom stereocenters. The number of carbonyl (C=O) groups excluding carboxylic acids is 1. The van der Waals surface area contributed by atoms with E-state index in [1.165, 1.54) is 12.8 Å². The molecule has 2 aliphatic rings. The van der Waals surface area contributed by atoms with E-state index in [4.69, 9.17) is 14.3 Å². The molecule has 6 nitrogen and oxygen atoms in total. The van der Waals surface area contributed by atoms with E-state index in [-0.39, 0.29) is 18.1 Å². The molecule has 1 amide bonds. The fourth-order valence-electron chi connectivity index (χ4n) is 4.12. The first-order chi connectivity index (χ1) is 15.0. The Morgan fingerprint density at radius 1 is 1.16 bits per heavy atom. The Morgan fingerprint density at radius 2 is 1.90 bits per heavy atom. The molecule has 1 heterocycles. The summed E-state index contributed by atoms with van der Waals surface area (Å²) in [6.07, 6.45) is 5.13. The summed E-state index contributed by atoms with van der Waals surface area (Å²) in [4.78, 5) is 18.6. The minimum Gasteiger partial charge on any atom is -0.493 e. The molecular formula is C25H30N2O4. The number of methoxy groups -OCH3 is 1. The molecular weight excluding hydrogens is 392 g/mol. The van der Waals surface area contributed by atoms with Gasteiger partial charge in [0.1, 0.15) is 0 Å². The van der Waals surface area contributed by atoms with E-state index in [1.807, 2.05) is 55.5 Å². The number of rotatable bonds is 7. The Bertz CT molecular complexity index is 953. The summed E-state index contributed by atoms with van der Waals surface area (Å²) >= 11 is 0. The second kappa shape index (κ2) is 9.00. The predicted molar refractivity (Wildman–Crippen MR) is 120 cm³/mol. The number of nitrogens with zero attached hydrogens (tertiary/aromatic N) is 1. The molecule has 2 aromatic carbocycles. The molecule has 1 fully saturated rings. The number of oxime groups is 1. The summed E-state index contributed by atoms with van der Waals surface area (Å²) in [7, 11) is 1.64. The monoisotopic (exact) mass is 422 g/mol. The van der Waals surface area contributed by atoms with Crippen LogP contribution >= 0.6 is 0 Å². The number of carbonyl (C=O) groups is 1. The highest BCUT2D eigenvalue weighted by Crippen LogP contribution is 2.35. The van der Waals surface area contributed by atoms with Crippen LogP contribution in [0.5, 0.6) is 11.5 Å². The Kier molecular flexibility index (Phi) is 6.16. The lowest BCUT2D eigenvalue weighted by atomic mass is 9.94. The fourth-order valence-corrected chi connectivity index (χ4v) is 4.12. The van der Waals surface area contributed by atoms with Crippen molar-refractivity contribution in [2.45, 2.75) is 63.7 Å². The van der Waals surface area contributed by atoms with Gasteiger partial charge in [-0.1, -0.05) is 35.5 Å². The Labute approximate surface area is 183 Å².